The molecule has 6 heteroatoms. The molecule has 2 aromatic carbocycles. The second-order valence-electron chi connectivity index (χ2n) is 5.49. The molecule has 0 aliphatic heterocycles. The van der Waals surface area contributed by atoms with E-state index < -0.39 is 0 Å². The Morgan fingerprint density at radius 1 is 1.08 bits per heavy atom. The average Bonchev–Trinajstić information content (AvgIpc) is 2.62. The Morgan fingerprint density at radius 3 is 2.35 bits per heavy atom. The van der Waals surface area contributed by atoms with Gasteiger partial charge in [-0.2, -0.15) is 0 Å². The highest BCUT2D eigenvalue weighted by Gasteiger charge is 2.06. The van der Waals surface area contributed by atoms with Crippen molar-refractivity contribution >= 4 is 41.0 Å². The van der Waals surface area contributed by atoms with E-state index in [1.165, 1.54) is 6.08 Å². The lowest BCUT2D eigenvalue weighted by Crippen LogP contribution is -2.32. The van der Waals surface area contributed by atoms with Crippen molar-refractivity contribution in [3.8, 4) is 0 Å². The summed E-state index contributed by atoms with van der Waals surface area (Å²) in [5, 5.41) is 5.63. The number of rotatable bonds is 5. The molecule has 0 aliphatic rings. The third-order valence-corrected chi connectivity index (χ3v) is 3.60. The highest BCUT2D eigenvalue weighted by molar-refractivity contribution is 7.80. The number of thiocarbonyl (C=S) groups is 1. The molecular formula is C20H20N2O3S. The molecule has 0 aliphatic carbocycles. The molecule has 2 rings (SSSR count). The Kier molecular flexibility index (Phi) is 7.05. The molecule has 0 bridgehead atoms. The predicted octanol–water partition coefficient (Wildman–Crippen LogP) is 3.70. The number of aryl methyl sites for hydroxylation is 1. The molecule has 2 aromatic rings. The van der Waals surface area contributed by atoms with Gasteiger partial charge >= 0.3 is 5.97 Å². The summed E-state index contributed by atoms with van der Waals surface area (Å²) in [5.74, 6) is -0.706. The standard InChI is InChI=1S/C20H20N2O3S/c1-3-25-19(24)16-9-11-17(12-10-16)21-20(26)22-18(23)13-8-15-6-4-14(2)5-7-15/h4-13H,3H2,1-2H3,(H2,21,22,23,26)/b13-8+. The van der Waals surface area contributed by atoms with E-state index in [4.69, 9.17) is 17.0 Å². The minimum Gasteiger partial charge on any atom is -0.462 e. The van der Waals surface area contributed by atoms with Crippen LogP contribution in [-0.2, 0) is 9.53 Å². The summed E-state index contributed by atoms with van der Waals surface area (Å²) >= 11 is 5.12. The number of esters is 1. The zero-order valence-corrected chi connectivity index (χ0v) is 15.4. The Hall–Kier alpha value is -2.99. The molecule has 0 saturated carbocycles. The lowest BCUT2D eigenvalue weighted by atomic mass is 10.1. The van der Waals surface area contributed by atoms with Crippen LogP contribution in [0.2, 0.25) is 0 Å². The summed E-state index contributed by atoms with van der Waals surface area (Å²) in [4.78, 5) is 23.5. The molecule has 0 radical (unpaired) electrons. The monoisotopic (exact) mass is 368 g/mol. The predicted molar refractivity (Wildman–Crippen MR) is 107 cm³/mol. The van der Waals surface area contributed by atoms with Gasteiger partial charge in [-0.15, -0.1) is 0 Å². The first-order chi connectivity index (χ1) is 12.5. The van der Waals surface area contributed by atoms with Crippen molar-refractivity contribution in [2.45, 2.75) is 13.8 Å². The van der Waals surface area contributed by atoms with Crippen molar-refractivity contribution in [3.05, 3.63) is 71.3 Å². The van der Waals surface area contributed by atoms with Crippen molar-refractivity contribution in [2.75, 3.05) is 11.9 Å². The van der Waals surface area contributed by atoms with Gasteiger partial charge in [-0.05, 0) is 62.0 Å². The van der Waals surface area contributed by atoms with Crippen LogP contribution in [0.15, 0.2) is 54.6 Å². The van der Waals surface area contributed by atoms with Crippen molar-refractivity contribution in [3.63, 3.8) is 0 Å². The maximum absolute atomic E-state index is 11.9. The van der Waals surface area contributed by atoms with Gasteiger partial charge in [0.25, 0.3) is 0 Å². The smallest absolute Gasteiger partial charge is 0.338 e. The van der Waals surface area contributed by atoms with E-state index in [0.29, 0.717) is 17.9 Å². The molecule has 26 heavy (non-hydrogen) atoms. The van der Waals surface area contributed by atoms with E-state index in [-0.39, 0.29) is 17.0 Å². The molecule has 0 aromatic heterocycles. The number of carbonyl (C=O) groups excluding carboxylic acids is 2. The van der Waals surface area contributed by atoms with Crippen LogP contribution in [0.3, 0.4) is 0 Å². The summed E-state index contributed by atoms with van der Waals surface area (Å²) < 4.78 is 4.92. The average molecular weight is 368 g/mol. The molecule has 0 spiro atoms. The number of nitrogens with one attached hydrogen (secondary N) is 2. The van der Waals surface area contributed by atoms with Crippen LogP contribution < -0.4 is 10.6 Å². The summed E-state index contributed by atoms with van der Waals surface area (Å²) in [7, 11) is 0. The molecule has 134 valence electrons. The van der Waals surface area contributed by atoms with Crippen molar-refractivity contribution in [2.24, 2.45) is 0 Å². The van der Waals surface area contributed by atoms with Gasteiger partial charge in [0.1, 0.15) is 0 Å². The van der Waals surface area contributed by atoms with Gasteiger partial charge in [-0.25, -0.2) is 4.79 Å². The van der Waals surface area contributed by atoms with Crippen LogP contribution in [0, 0.1) is 6.92 Å². The van der Waals surface area contributed by atoms with E-state index in [1.54, 1.807) is 37.3 Å². The van der Waals surface area contributed by atoms with Crippen LogP contribution >= 0.6 is 12.2 Å². The topological polar surface area (TPSA) is 67.4 Å². The molecule has 0 atom stereocenters. The molecule has 5 nitrogen and oxygen atoms in total. The summed E-state index contributed by atoms with van der Waals surface area (Å²) in [5.41, 5.74) is 3.20. The second-order valence-corrected chi connectivity index (χ2v) is 5.89. The second kappa shape index (κ2) is 9.48. The third-order valence-electron chi connectivity index (χ3n) is 3.40. The first-order valence-corrected chi connectivity index (χ1v) is 8.52. The van der Waals surface area contributed by atoms with E-state index in [0.717, 1.165) is 11.1 Å². The number of amides is 1. The van der Waals surface area contributed by atoms with Gasteiger partial charge in [-0.3, -0.25) is 10.1 Å². The Balaban J connectivity index is 1.86. The normalized spacial score (nSPS) is 10.4. The lowest BCUT2D eigenvalue weighted by molar-refractivity contribution is -0.115. The third kappa shape index (κ3) is 6.14. The Bertz CT molecular complexity index is 812. The number of benzene rings is 2. The number of ether oxygens (including phenoxy) is 1. The van der Waals surface area contributed by atoms with Crippen LogP contribution in [-0.4, -0.2) is 23.6 Å². The number of hydrogen-bond acceptors (Lipinski definition) is 4. The van der Waals surface area contributed by atoms with Gasteiger partial charge in [0.15, 0.2) is 5.11 Å². The fourth-order valence-electron chi connectivity index (χ4n) is 2.07. The fraction of sp³-hybridized carbons (Fsp3) is 0.150. The quantitative estimate of drug-likeness (QED) is 0.479. The molecule has 0 heterocycles. The van der Waals surface area contributed by atoms with E-state index in [2.05, 4.69) is 10.6 Å². The number of carbonyl (C=O) groups is 2. The van der Waals surface area contributed by atoms with Crippen molar-refractivity contribution < 1.29 is 14.3 Å². The first kappa shape index (κ1) is 19.3. The highest BCUT2D eigenvalue weighted by atomic mass is 32.1. The molecule has 1 amide bonds. The minimum absolute atomic E-state index is 0.174. The first-order valence-electron chi connectivity index (χ1n) is 8.12. The van der Waals surface area contributed by atoms with E-state index in [9.17, 15) is 9.59 Å². The Morgan fingerprint density at radius 2 is 1.73 bits per heavy atom. The minimum atomic E-state index is -0.379. The van der Waals surface area contributed by atoms with E-state index in [1.807, 2.05) is 31.2 Å². The van der Waals surface area contributed by atoms with Crippen molar-refractivity contribution in [1.29, 1.82) is 0 Å². The van der Waals surface area contributed by atoms with Crippen LogP contribution in [0.25, 0.3) is 6.08 Å². The summed E-state index contributed by atoms with van der Waals surface area (Å²) in [6.07, 6.45) is 3.13. The number of hydrogen-bond donors (Lipinski definition) is 2. The zero-order chi connectivity index (χ0) is 18.9. The van der Waals surface area contributed by atoms with Gasteiger partial charge in [0, 0.05) is 11.8 Å². The molecule has 0 unspecified atom stereocenters. The molecular weight excluding hydrogens is 348 g/mol. The molecule has 2 N–H and O–H groups in total. The SMILES string of the molecule is CCOC(=O)c1ccc(NC(=S)NC(=O)/C=C/c2ccc(C)cc2)cc1. The van der Waals surface area contributed by atoms with Gasteiger partial charge < -0.3 is 10.1 Å². The van der Waals surface area contributed by atoms with Gasteiger partial charge in [-0.1, -0.05) is 29.8 Å². The molecule has 0 fully saturated rings. The maximum Gasteiger partial charge on any atom is 0.338 e. The molecule has 0 saturated heterocycles. The maximum atomic E-state index is 11.9. The van der Waals surface area contributed by atoms with E-state index >= 15 is 0 Å². The van der Waals surface area contributed by atoms with Crippen LogP contribution in [0.1, 0.15) is 28.4 Å². The lowest BCUT2D eigenvalue weighted by Gasteiger charge is -2.09. The van der Waals surface area contributed by atoms with Crippen LogP contribution in [0.4, 0.5) is 5.69 Å². The number of anilines is 1. The van der Waals surface area contributed by atoms with Crippen LogP contribution in [0.5, 0.6) is 0 Å². The van der Waals surface area contributed by atoms with Gasteiger partial charge in [0.05, 0.1) is 12.2 Å². The fourth-order valence-corrected chi connectivity index (χ4v) is 2.29. The van der Waals surface area contributed by atoms with Gasteiger partial charge in [0.2, 0.25) is 5.91 Å². The largest absolute Gasteiger partial charge is 0.462 e. The summed E-state index contributed by atoms with van der Waals surface area (Å²) in [6, 6.07) is 14.4. The Labute approximate surface area is 158 Å². The summed E-state index contributed by atoms with van der Waals surface area (Å²) in [6.45, 7) is 4.08. The van der Waals surface area contributed by atoms with Crippen molar-refractivity contribution in [1.82, 2.24) is 5.32 Å². The zero-order valence-electron chi connectivity index (χ0n) is 14.6. The highest BCUT2D eigenvalue weighted by Crippen LogP contribution is 2.10.